The summed E-state index contributed by atoms with van der Waals surface area (Å²) in [6, 6.07) is -0.0575. The molecule has 25 heavy (non-hydrogen) atoms. The van der Waals surface area contributed by atoms with Gasteiger partial charge >= 0.3 is 6.18 Å². The van der Waals surface area contributed by atoms with Crippen molar-refractivity contribution in [2.75, 3.05) is 19.6 Å². The molecule has 0 spiro atoms. The first-order chi connectivity index (χ1) is 11.8. The molecule has 1 fully saturated rings. The first-order valence-electron chi connectivity index (χ1n) is 8.66. The smallest absolute Gasteiger partial charge is 0.348 e. The number of alkyl halides is 3. The van der Waals surface area contributed by atoms with Crippen molar-refractivity contribution in [1.29, 1.82) is 0 Å². The van der Waals surface area contributed by atoms with Gasteiger partial charge in [0.2, 0.25) is 0 Å². The molecule has 0 saturated carbocycles. The number of likely N-dealkylation sites (tertiary alicyclic amines) is 1. The van der Waals surface area contributed by atoms with Gasteiger partial charge in [-0.3, -0.25) is 4.79 Å². The quantitative estimate of drug-likeness (QED) is 0.814. The van der Waals surface area contributed by atoms with Crippen LogP contribution in [0.25, 0.3) is 0 Å². The molecule has 2 atom stereocenters. The Morgan fingerprint density at radius 1 is 1.40 bits per heavy atom. The molecule has 0 bridgehead atoms. The van der Waals surface area contributed by atoms with Crippen LogP contribution in [0.3, 0.4) is 0 Å². The highest BCUT2D eigenvalue weighted by molar-refractivity contribution is 5.95. The minimum Gasteiger partial charge on any atom is -0.348 e. The van der Waals surface area contributed by atoms with Crippen LogP contribution in [0.5, 0.6) is 0 Å². The topological polar surface area (TPSA) is 58.1 Å². The predicted molar refractivity (Wildman–Crippen MR) is 88.2 cm³/mol. The number of carbonyl (C=O) groups excluding carboxylic acids is 1. The van der Waals surface area contributed by atoms with Gasteiger partial charge in [-0.1, -0.05) is 13.3 Å². The van der Waals surface area contributed by atoms with Crippen molar-refractivity contribution in [2.24, 2.45) is 5.92 Å². The van der Waals surface area contributed by atoms with E-state index in [2.05, 4.69) is 22.2 Å². The SMILES string of the molecule is CCC[C@H]1CN(CCCC(F)(F)F)C[C@@H]1NC(=O)c1cncnc1C. The van der Waals surface area contributed by atoms with Gasteiger partial charge in [-0.05, 0) is 32.2 Å². The summed E-state index contributed by atoms with van der Waals surface area (Å²) in [5.74, 6) is 0.0334. The van der Waals surface area contributed by atoms with E-state index in [-0.39, 0.29) is 24.3 Å². The van der Waals surface area contributed by atoms with Crippen molar-refractivity contribution in [1.82, 2.24) is 20.2 Å². The summed E-state index contributed by atoms with van der Waals surface area (Å²) >= 11 is 0. The number of carbonyl (C=O) groups is 1. The molecule has 1 aliphatic heterocycles. The first kappa shape index (κ1) is 19.6. The number of aryl methyl sites for hydroxylation is 1. The number of hydrogen-bond donors (Lipinski definition) is 1. The molecular formula is C17H25F3N4O. The lowest BCUT2D eigenvalue weighted by atomic mass is 9.98. The lowest BCUT2D eigenvalue weighted by molar-refractivity contribution is -0.136. The van der Waals surface area contributed by atoms with Crippen molar-refractivity contribution in [3.05, 3.63) is 23.8 Å². The van der Waals surface area contributed by atoms with Crippen LogP contribution in [-0.2, 0) is 0 Å². The van der Waals surface area contributed by atoms with Gasteiger partial charge in [-0.2, -0.15) is 13.2 Å². The average molecular weight is 358 g/mol. The second-order valence-corrected chi connectivity index (χ2v) is 6.63. The maximum atomic E-state index is 12.5. The van der Waals surface area contributed by atoms with Gasteiger partial charge in [0.05, 0.1) is 11.3 Å². The van der Waals surface area contributed by atoms with E-state index in [1.807, 2.05) is 4.90 Å². The van der Waals surface area contributed by atoms with E-state index in [1.165, 1.54) is 12.5 Å². The monoisotopic (exact) mass is 358 g/mol. The third-order valence-electron chi connectivity index (χ3n) is 4.58. The van der Waals surface area contributed by atoms with Crippen LogP contribution in [0, 0.1) is 12.8 Å². The minimum absolute atomic E-state index is 0.0575. The van der Waals surface area contributed by atoms with Crippen LogP contribution in [0.4, 0.5) is 13.2 Å². The molecule has 2 rings (SSSR count). The summed E-state index contributed by atoms with van der Waals surface area (Å²) in [7, 11) is 0. The molecule has 1 saturated heterocycles. The van der Waals surface area contributed by atoms with E-state index in [4.69, 9.17) is 0 Å². The molecule has 140 valence electrons. The third-order valence-corrected chi connectivity index (χ3v) is 4.58. The average Bonchev–Trinajstić information content (AvgIpc) is 2.88. The van der Waals surface area contributed by atoms with Crippen LogP contribution < -0.4 is 5.32 Å². The number of nitrogens with zero attached hydrogens (tertiary/aromatic N) is 3. The molecule has 1 aromatic rings. The number of hydrogen-bond acceptors (Lipinski definition) is 4. The van der Waals surface area contributed by atoms with Gasteiger partial charge in [-0.25, -0.2) is 9.97 Å². The van der Waals surface area contributed by atoms with Gasteiger partial charge in [0.1, 0.15) is 6.33 Å². The van der Waals surface area contributed by atoms with E-state index in [0.717, 1.165) is 19.4 Å². The molecule has 0 radical (unpaired) electrons. The maximum absolute atomic E-state index is 12.5. The Morgan fingerprint density at radius 3 is 2.80 bits per heavy atom. The molecular weight excluding hydrogens is 333 g/mol. The molecule has 5 nitrogen and oxygen atoms in total. The van der Waals surface area contributed by atoms with Crippen LogP contribution in [0.15, 0.2) is 12.5 Å². The highest BCUT2D eigenvalue weighted by atomic mass is 19.4. The van der Waals surface area contributed by atoms with Crippen molar-refractivity contribution >= 4 is 5.91 Å². The van der Waals surface area contributed by atoms with Crippen molar-refractivity contribution in [3.63, 3.8) is 0 Å². The van der Waals surface area contributed by atoms with Crippen molar-refractivity contribution in [3.8, 4) is 0 Å². The highest BCUT2D eigenvalue weighted by Crippen LogP contribution is 2.25. The fourth-order valence-electron chi connectivity index (χ4n) is 3.33. The second kappa shape index (κ2) is 8.60. The molecule has 1 aliphatic rings. The molecule has 0 aromatic carbocycles. The van der Waals surface area contributed by atoms with Crippen LogP contribution in [0.2, 0.25) is 0 Å². The Kier molecular flexibility index (Phi) is 6.75. The van der Waals surface area contributed by atoms with E-state index in [1.54, 1.807) is 6.92 Å². The van der Waals surface area contributed by atoms with Crippen LogP contribution in [-0.4, -0.2) is 52.6 Å². The fourth-order valence-corrected chi connectivity index (χ4v) is 3.33. The number of halogens is 3. The lowest BCUT2D eigenvalue weighted by Gasteiger charge is -2.19. The van der Waals surface area contributed by atoms with Gasteiger partial charge in [0, 0.05) is 31.7 Å². The number of amides is 1. The zero-order valence-corrected chi connectivity index (χ0v) is 14.6. The summed E-state index contributed by atoms with van der Waals surface area (Å²) in [5, 5.41) is 3.02. The Balaban J connectivity index is 1.93. The zero-order chi connectivity index (χ0) is 18.4. The van der Waals surface area contributed by atoms with E-state index in [9.17, 15) is 18.0 Å². The molecule has 8 heteroatoms. The summed E-state index contributed by atoms with van der Waals surface area (Å²) < 4.78 is 36.9. The summed E-state index contributed by atoms with van der Waals surface area (Å²) in [6.07, 6.45) is 0.00749. The van der Waals surface area contributed by atoms with Crippen molar-refractivity contribution < 1.29 is 18.0 Å². The third kappa shape index (κ3) is 5.95. The normalized spacial score (nSPS) is 21.5. The van der Waals surface area contributed by atoms with E-state index >= 15 is 0 Å². The van der Waals surface area contributed by atoms with Crippen molar-refractivity contribution in [2.45, 2.75) is 51.7 Å². The van der Waals surface area contributed by atoms with Crippen LogP contribution in [0.1, 0.15) is 48.7 Å². The van der Waals surface area contributed by atoms with Gasteiger partial charge in [0.25, 0.3) is 5.91 Å². The molecule has 1 N–H and O–H groups in total. The molecule has 2 heterocycles. The summed E-state index contributed by atoms with van der Waals surface area (Å²) in [5.41, 5.74) is 1.05. The minimum atomic E-state index is -4.11. The van der Waals surface area contributed by atoms with Crippen LogP contribution >= 0.6 is 0 Å². The highest BCUT2D eigenvalue weighted by Gasteiger charge is 2.34. The lowest BCUT2D eigenvalue weighted by Crippen LogP contribution is -2.41. The van der Waals surface area contributed by atoms with Gasteiger partial charge in [-0.15, -0.1) is 0 Å². The molecule has 1 amide bonds. The number of aromatic nitrogens is 2. The molecule has 0 unspecified atom stereocenters. The maximum Gasteiger partial charge on any atom is 0.389 e. The summed E-state index contributed by atoms with van der Waals surface area (Å²) in [4.78, 5) is 22.4. The number of rotatable bonds is 7. The fraction of sp³-hybridized carbons (Fsp3) is 0.706. The molecule has 0 aliphatic carbocycles. The Morgan fingerprint density at radius 2 is 2.16 bits per heavy atom. The van der Waals surface area contributed by atoms with Gasteiger partial charge in [0.15, 0.2) is 0 Å². The Hall–Kier alpha value is -1.70. The van der Waals surface area contributed by atoms with E-state index < -0.39 is 12.6 Å². The Labute approximate surface area is 146 Å². The zero-order valence-electron chi connectivity index (χ0n) is 14.6. The number of nitrogens with one attached hydrogen (secondary N) is 1. The van der Waals surface area contributed by atoms with E-state index in [0.29, 0.717) is 24.3 Å². The largest absolute Gasteiger partial charge is 0.389 e. The standard InChI is InChI=1S/C17H25F3N4O/c1-3-5-13-9-24(7-4-6-17(18,19)20)10-15(13)23-16(25)14-8-21-11-22-12(14)2/h8,11,13,15H,3-7,9-10H2,1-2H3,(H,23,25)/t13-,15-/m0/s1. The summed E-state index contributed by atoms with van der Waals surface area (Å²) in [6.45, 7) is 5.53. The second-order valence-electron chi connectivity index (χ2n) is 6.63. The Bertz CT molecular complexity index is 579. The first-order valence-corrected chi connectivity index (χ1v) is 8.66. The van der Waals surface area contributed by atoms with Gasteiger partial charge < -0.3 is 10.2 Å². The predicted octanol–water partition coefficient (Wildman–Crippen LogP) is 2.96. The molecule has 1 aromatic heterocycles.